The number of para-hydroxylation sites is 1. The Labute approximate surface area is 179 Å². The summed E-state index contributed by atoms with van der Waals surface area (Å²) in [6.07, 6.45) is 0. The number of hydrogen-bond acceptors (Lipinski definition) is 4. The van der Waals surface area contributed by atoms with Crippen LogP contribution in [0, 0.1) is 0 Å². The topological polar surface area (TPSA) is 59.6 Å². The van der Waals surface area contributed by atoms with E-state index in [4.69, 9.17) is 32.7 Å². The van der Waals surface area contributed by atoms with Crippen molar-refractivity contribution in [2.45, 2.75) is 6.54 Å². The molecule has 0 atom stereocenters. The third-order valence-corrected chi connectivity index (χ3v) is 4.62. The van der Waals surface area contributed by atoms with Gasteiger partial charge in [0.25, 0.3) is 5.91 Å². The summed E-state index contributed by atoms with van der Waals surface area (Å²) >= 11 is 12.0. The molecule has 0 spiro atoms. The first kappa shape index (κ1) is 20.8. The fourth-order valence-electron chi connectivity index (χ4n) is 2.64. The van der Waals surface area contributed by atoms with E-state index in [1.165, 1.54) is 0 Å². The molecule has 2 N–H and O–H groups in total. The van der Waals surface area contributed by atoms with Crippen molar-refractivity contribution in [3.63, 3.8) is 0 Å². The van der Waals surface area contributed by atoms with E-state index in [2.05, 4.69) is 10.6 Å². The predicted molar refractivity (Wildman–Crippen MR) is 117 cm³/mol. The van der Waals surface area contributed by atoms with Crippen molar-refractivity contribution in [2.24, 2.45) is 0 Å². The Hall–Kier alpha value is -2.89. The molecule has 29 heavy (non-hydrogen) atoms. The standard InChI is InChI=1S/C22H20Cl2N2O3/c1-28-21-11-15(13-25-17-6-4-5-16(23)12-17)9-10-20(21)29-14-22(27)26-19-8-3-2-7-18(19)24/h2-12,25H,13-14H2,1H3,(H,26,27). The van der Waals surface area contributed by atoms with Gasteiger partial charge in [-0.1, -0.05) is 47.5 Å². The summed E-state index contributed by atoms with van der Waals surface area (Å²) < 4.78 is 11.0. The largest absolute Gasteiger partial charge is 0.493 e. The number of methoxy groups -OCH3 is 1. The fourth-order valence-corrected chi connectivity index (χ4v) is 3.01. The highest BCUT2D eigenvalue weighted by Crippen LogP contribution is 2.29. The molecule has 0 fully saturated rings. The Balaban J connectivity index is 1.58. The van der Waals surface area contributed by atoms with Gasteiger partial charge in [0, 0.05) is 17.3 Å². The molecule has 7 heteroatoms. The highest BCUT2D eigenvalue weighted by Gasteiger charge is 2.10. The normalized spacial score (nSPS) is 10.3. The summed E-state index contributed by atoms with van der Waals surface area (Å²) in [6.45, 7) is 0.422. The minimum absolute atomic E-state index is 0.165. The second kappa shape index (κ2) is 10.0. The van der Waals surface area contributed by atoms with Crippen LogP contribution >= 0.6 is 23.2 Å². The number of halogens is 2. The Bertz CT molecular complexity index is 995. The first-order chi connectivity index (χ1) is 14.0. The number of benzene rings is 3. The SMILES string of the molecule is COc1cc(CNc2cccc(Cl)c2)ccc1OCC(=O)Nc1ccccc1Cl. The van der Waals surface area contributed by atoms with Gasteiger partial charge in [0.05, 0.1) is 17.8 Å². The lowest BCUT2D eigenvalue weighted by atomic mass is 10.2. The molecule has 0 aliphatic carbocycles. The number of hydrogen-bond donors (Lipinski definition) is 2. The van der Waals surface area contributed by atoms with E-state index in [1.54, 1.807) is 37.4 Å². The highest BCUT2D eigenvalue weighted by molar-refractivity contribution is 6.33. The first-order valence-electron chi connectivity index (χ1n) is 8.88. The molecule has 0 unspecified atom stereocenters. The van der Waals surface area contributed by atoms with Crippen molar-refractivity contribution < 1.29 is 14.3 Å². The first-order valence-corrected chi connectivity index (χ1v) is 9.64. The molecule has 3 aromatic carbocycles. The molecule has 0 aliphatic rings. The number of ether oxygens (including phenoxy) is 2. The Kier molecular flexibility index (Phi) is 7.22. The maximum Gasteiger partial charge on any atom is 0.262 e. The molecular weight excluding hydrogens is 411 g/mol. The van der Waals surface area contributed by atoms with Crippen LogP contribution in [0.2, 0.25) is 10.0 Å². The van der Waals surface area contributed by atoms with Crippen LogP contribution in [0.4, 0.5) is 11.4 Å². The third kappa shape index (κ3) is 6.04. The van der Waals surface area contributed by atoms with Crippen LogP contribution in [0.3, 0.4) is 0 Å². The molecule has 0 radical (unpaired) electrons. The summed E-state index contributed by atoms with van der Waals surface area (Å²) in [6, 6.07) is 20.1. The van der Waals surface area contributed by atoms with Crippen LogP contribution in [0.1, 0.15) is 5.56 Å². The van der Waals surface area contributed by atoms with Gasteiger partial charge < -0.3 is 20.1 Å². The van der Waals surface area contributed by atoms with Gasteiger partial charge >= 0.3 is 0 Å². The lowest BCUT2D eigenvalue weighted by Gasteiger charge is -2.13. The average molecular weight is 431 g/mol. The Morgan fingerprint density at radius 1 is 0.966 bits per heavy atom. The molecular formula is C22H20Cl2N2O3. The van der Waals surface area contributed by atoms with Gasteiger partial charge in [0.2, 0.25) is 0 Å². The van der Waals surface area contributed by atoms with Crippen molar-refractivity contribution >= 4 is 40.5 Å². The summed E-state index contributed by atoms with van der Waals surface area (Å²) in [5.74, 6) is 0.709. The molecule has 3 rings (SSSR count). The second-order valence-electron chi connectivity index (χ2n) is 6.17. The molecule has 5 nitrogen and oxygen atoms in total. The van der Waals surface area contributed by atoms with Crippen LogP contribution in [0.25, 0.3) is 0 Å². The molecule has 0 heterocycles. The van der Waals surface area contributed by atoms with Gasteiger partial charge in [-0.05, 0) is 48.0 Å². The van der Waals surface area contributed by atoms with Gasteiger partial charge in [-0.25, -0.2) is 0 Å². The van der Waals surface area contributed by atoms with Gasteiger partial charge in [-0.2, -0.15) is 0 Å². The molecule has 0 aliphatic heterocycles. The Morgan fingerprint density at radius 3 is 2.55 bits per heavy atom. The molecule has 0 aromatic heterocycles. The zero-order chi connectivity index (χ0) is 20.6. The Morgan fingerprint density at radius 2 is 1.79 bits per heavy atom. The molecule has 0 bridgehead atoms. The number of anilines is 2. The zero-order valence-corrected chi connectivity index (χ0v) is 17.3. The molecule has 0 saturated heterocycles. The van der Waals surface area contributed by atoms with Gasteiger partial charge in [-0.3, -0.25) is 4.79 Å². The summed E-state index contributed by atoms with van der Waals surface area (Å²) in [5.41, 5.74) is 2.46. The lowest BCUT2D eigenvalue weighted by molar-refractivity contribution is -0.118. The van der Waals surface area contributed by atoms with Gasteiger partial charge in [0.15, 0.2) is 18.1 Å². The molecule has 1 amide bonds. The summed E-state index contributed by atoms with van der Waals surface area (Å²) in [4.78, 5) is 12.1. The van der Waals surface area contributed by atoms with E-state index in [0.29, 0.717) is 33.8 Å². The van der Waals surface area contributed by atoms with Crippen molar-refractivity contribution in [1.29, 1.82) is 0 Å². The van der Waals surface area contributed by atoms with E-state index < -0.39 is 0 Å². The van der Waals surface area contributed by atoms with Crippen LogP contribution in [0.15, 0.2) is 66.7 Å². The number of amides is 1. The average Bonchev–Trinajstić information content (AvgIpc) is 2.72. The molecule has 150 valence electrons. The smallest absolute Gasteiger partial charge is 0.262 e. The predicted octanol–water partition coefficient (Wildman–Crippen LogP) is 5.63. The second-order valence-corrected chi connectivity index (χ2v) is 7.01. The maximum absolute atomic E-state index is 12.1. The minimum Gasteiger partial charge on any atom is -0.493 e. The van der Waals surface area contributed by atoms with Crippen LogP contribution in [0.5, 0.6) is 11.5 Å². The fraction of sp³-hybridized carbons (Fsp3) is 0.136. The quantitative estimate of drug-likeness (QED) is 0.485. The number of carbonyl (C=O) groups is 1. The lowest BCUT2D eigenvalue weighted by Crippen LogP contribution is -2.20. The molecule has 3 aromatic rings. The van der Waals surface area contributed by atoms with E-state index in [-0.39, 0.29) is 12.5 Å². The van der Waals surface area contributed by atoms with E-state index >= 15 is 0 Å². The highest BCUT2D eigenvalue weighted by atomic mass is 35.5. The van der Waals surface area contributed by atoms with E-state index in [1.807, 2.05) is 36.4 Å². The van der Waals surface area contributed by atoms with Crippen LogP contribution in [-0.4, -0.2) is 19.6 Å². The number of carbonyl (C=O) groups excluding carboxylic acids is 1. The third-order valence-electron chi connectivity index (χ3n) is 4.06. The monoisotopic (exact) mass is 430 g/mol. The summed E-state index contributed by atoms with van der Waals surface area (Å²) in [7, 11) is 1.56. The van der Waals surface area contributed by atoms with Gasteiger partial charge in [0.1, 0.15) is 0 Å². The maximum atomic E-state index is 12.1. The van der Waals surface area contributed by atoms with E-state index in [9.17, 15) is 4.79 Å². The van der Waals surface area contributed by atoms with Crippen molar-refractivity contribution in [1.82, 2.24) is 0 Å². The van der Waals surface area contributed by atoms with Crippen molar-refractivity contribution in [3.05, 3.63) is 82.3 Å². The van der Waals surface area contributed by atoms with Crippen molar-refractivity contribution in [3.8, 4) is 11.5 Å². The van der Waals surface area contributed by atoms with Crippen molar-refractivity contribution in [2.75, 3.05) is 24.4 Å². The van der Waals surface area contributed by atoms with E-state index in [0.717, 1.165) is 11.3 Å². The number of nitrogens with one attached hydrogen (secondary N) is 2. The minimum atomic E-state index is -0.313. The summed E-state index contributed by atoms with van der Waals surface area (Å²) in [5, 5.41) is 7.15. The number of rotatable bonds is 8. The van der Waals surface area contributed by atoms with Crippen LogP contribution < -0.4 is 20.1 Å². The zero-order valence-electron chi connectivity index (χ0n) is 15.7. The van der Waals surface area contributed by atoms with Crippen LogP contribution in [-0.2, 0) is 11.3 Å². The van der Waals surface area contributed by atoms with Gasteiger partial charge in [-0.15, -0.1) is 0 Å². The molecule has 0 saturated carbocycles.